The summed E-state index contributed by atoms with van der Waals surface area (Å²) in [5, 5.41) is 15.8. The van der Waals surface area contributed by atoms with E-state index in [1.807, 2.05) is 51.1 Å². The van der Waals surface area contributed by atoms with E-state index in [-0.39, 0.29) is 24.0 Å². The number of alkyl carbamates (subject to hydrolysis) is 1. The molecule has 0 heterocycles. The molecule has 0 aromatic heterocycles. The fourth-order valence-corrected chi connectivity index (χ4v) is 4.52. The van der Waals surface area contributed by atoms with Crippen LogP contribution in [0.1, 0.15) is 97.7 Å². The summed E-state index contributed by atoms with van der Waals surface area (Å²) >= 11 is 0. The van der Waals surface area contributed by atoms with Crippen LogP contribution in [-0.2, 0) is 20.7 Å². The van der Waals surface area contributed by atoms with Gasteiger partial charge in [-0.1, -0.05) is 75.1 Å². The van der Waals surface area contributed by atoms with Gasteiger partial charge in [-0.05, 0) is 71.2 Å². The summed E-state index contributed by atoms with van der Waals surface area (Å²) in [6.07, 6.45) is 4.35. The molecule has 2 aromatic carbocycles. The lowest BCUT2D eigenvalue weighted by molar-refractivity contribution is -0.143. The van der Waals surface area contributed by atoms with E-state index in [4.69, 9.17) is 4.74 Å². The Morgan fingerprint density at radius 1 is 0.878 bits per heavy atom. The van der Waals surface area contributed by atoms with Crippen LogP contribution < -0.4 is 10.6 Å². The van der Waals surface area contributed by atoms with Gasteiger partial charge in [-0.25, -0.2) is 4.79 Å². The minimum atomic E-state index is -0.968. The second-order valence-electron chi connectivity index (χ2n) is 12.6. The average molecular weight is 568 g/mol. The second kappa shape index (κ2) is 15.5. The van der Waals surface area contributed by atoms with Gasteiger partial charge in [-0.3, -0.25) is 9.59 Å². The Kier molecular flexibility index (Phi) is 12.7. The van der Waals surface area contributed by atoms with Crippen molar-refractivity contribution in [2.45, 2.75) is 110 Å². The van der Waals surface area contributed by atoms with E-state index in [1.54, 1.807) is 37.8 Å². The molecule has 3 N–H and O–H groups in total. The zero-order valence-electron chi connectivity index (χ0n) is 25.8. The van der Waals surface area contributed by atoms with Gasteiger partial charge in [0.1, 0.15) is 23.4 Å². The standard InChI is InChI=1S/C33H49N3O5/c1-8-9-10-11-15-22-36(28(29(38)35-32(2,3)4)25-18-20-26(37)21-19-25)30(39)27(23-24-16-13-12-14-17-24)34-31(40)41-33(5,6)7/h12-14,16-21,27-28,37H,8-11,15,22-23H2,1-7H3,(H,34,40)(H,35,38). The Hall–Kier alpha value is -3.55. The van der Waals surface area contributed by atoms with Gasteiger partial charge in [0.2, 0.25) is 11.8 Å². The minimum absolute atomic E-state index is 0.0646. The Morgan fingerprint density at radius 2 is 1.49 bits per heavy atom. The van der Waals surface area contributed by atoms with E-state index < -0.39 is 29.3 Å². The number of nitrogens with one attached hydrogen (secondary N) is 2. The van der Waals surface area contributed by atoms with Crippen LogP contribution in [0.4, 0.5) is 4.79 Å². The van der Waals surface area contributed by atoms with Crippen molar-refractivity contribution >= 4 is 17.9 Å². The first-order valence-corrected chi connectivity index (χ1v) is 14.6. The highest BCUT2D eigenvalue weighted by atomic mass is 16.6. The number of benzene rings is 2. The minimum Gasteiger partial charge on any atom is -0.508 e. The summed E-state index contributed by atoms with van der Waals surface area (Å²) in [6, 6.07) is 13.9. The average Bonchev–Trinajstić information content (AvgIpc) is 2.86. The Labute approximate surface area is 245 Å². The summed E-state index contributed by atoms with van der Waals surface area (Å²) < 4.78 is 5.51. The van der Waals surface area contributed by atoms with Crippen LogP contribution in [0.5, 0.6) is 5.75 Å². The number of carbonyl (C=O) groups excluding carboxylic acids is 3. The maximum Gasteiger partial charge on any atom is 0.408 e. The Bertz CT molecular complexity index is 1100. The van der Waals surface area contributed by atoms with E-state index in [0.29, 0.717) is 18.5 Å². The molecule has 2 rings (SSSR count). The summed E-state index contributed by atoms with van der Waals surface area (Å²) in [5.41, 5.74) is 0.150. The van der Waals surface area contributed by atoms with Crippen molar-refractivity contribution < 1.29 is 24.2 Å². The molecule has 2 aromatic rings. The predicted octanol–water partition coefficient (Wildman–Crippen LogP) is 6.28. The Balaban J connectivity index is 2.54. The lowest BCUT2D eigenvalue weighted by Crippen LogP contribution is -2.55. The van der Waals surface area contributed by atoms with Gasteiger partial charge in [-0.15, -0.1) is 0 Å². The van der Waals surface area contributed by atoms with Crippen LogP contribution >= 0.6 is 0 Å². The largest absolute Gasteiger partial charge is 0.508 e. The SMILES string of the molecule is CCCCCCCN(C(=O)C(Cc1ccccc1)NC(=O)OC(C)(C)C)C(C(=O)NC(C)(C)C)c1ccc(O)cc1. The molecule has 0 aliphatic heterocycles. The fourth-order valence-electron chi connectivity index (χ4n) is 4.52. The monoisotopic (exact) mass is 567 g/mol. The van der Waals surface area contributed by atoms with Crippen molar-refractivity contribution in [2.75, 3.05) is 6.54 Å². The molecule has 0 saturated carbocycles. The normalized spacial score (nSPS) is 13.1. The van der Waals surface area contributed by atoms with E-state index in [0.717, 1.165) is 31.2 Å². The van der Waals surface area contributed by atoms with E-state index >= 15 is 0 Å². The van der Waals surface area contributed by atoms with Gasteiger partial charge in [0.15, 0.2) is 0 Å². The maximum absolute atomic E-state index is 14.4. The molecule has 0 radical (unpaired) electrons. The van der Waals surface area contributed by atoms with Crippen LogP contribution in [0, 0.1) is 0 Å². The summed E-state index contributed by atoms with van der Waals surface area (Å²) in [7, 11) is 0. The van der Waals surface area contributed by atoms with E-state index in [2.05, 4.69) is 17.6 Å². The third kappa shape index (κ3) is 12.2. The number of unbranched alkanes of at least 4 members (excludes halogenated alkanes) is 4. The fraction of sp³-hybridized carbons (Fsp3) is 0.545. The molecule has 0 aliphatic rings. The number of carbonyl (C=O) groups is 3. The molecule has 0 saturated heterocycles. The van der Waals surface area contributed by atoms with Crippen LogP contribution in [0.25, 0.3) is 0 Å². The second-order valence-corrected chi connectivity index (χ2v) is 12.6. The number of aromatic hydroxyl groups is 1. The van der Waals surface area contributed by atoms with E-state index in [1.165, 1.54) is 12.1 Å². The molecule has 0 fully saturated rings. The number of ether oxygens (including phenoxy) is 1. The first-order valence-electron chi connectivity index (χ1n) is 14.6. The maximum atomic E-state index is 14.4. The zero-order valence-corrected chi connectivity index (χ0v) is 25.8. The number of amides is 3. The number of phenols is 1. The lowest BCUT2D eigenvalue weighted by Gasteiger charge is -2.36. The first kappa shape index (κ1) is 33.7. The summed E-state index contributed by atoms with van der Waals surface area (Å²) in [6.45, 7) is 13.4. The molecule has 2 atom stereocenters. The molecular formula is C33H49N3O5. The van der Waals surface area contributed by atoms with E-state index in [9.17, 15) is 19.5 Å². The molecule has 41 heavy (non-hydrogen) atoms. The molecule has 226 valence electrons. The topological polar surface area (TPSA) is 108 Å². The quantitative estimate of drug-likeness (QED) is 0.247. The highest BCUT2D eigenvalue weighted by Crippen LogP contribution is 2.27. The number of hydrogen-bond acceptors (Lipinski definition) is 5. The molecule has 3 amide bonds. The van der Waals surface area contributed by atoms with Gasteiger partial charge in [0.05, 0.1) is 0 Å². The molecule has 0 aliphatic carbocycles. The third-order valence-electron chi connectivity index (χ3n) is 6.32. The van der Waals surface area contributed by atoms with Crippen molar-refractivity contribution in [1.82, 2.24) is 15.5 Å². The zero-order chi connectivity index (χ0) is 30.6. The molecule has 2 unspecified atom stereocenters. The van der Waals surface area contributed by atoms with Crippen molar-refractivity contribution in [1.29, 1.82) is 0 Å². The third-order valence-corrected chi connectivity index (χ3v) is 6.32. The smallest absolute Gasteiger partial charge is 0.408 e. The Morgan fingerprint density at radius 3 is 2.05 bits per heavy atom. The molecule has 8 heteroatoms. The molecule has 0 bridgehead atoms. The highest BCUT2D eigenvalue weighted by molar-refractivity contribution is 5.92. The van der Waals surface area contributed by atoms with Gasteiger partial charge in [-0.2, -0.15) is 0 Å². The number of phenolic OH excluding ortho intramolecular Hbond substituents is 1. The van der Waals surface area contributed by atoms with Gasteiger partial charge in [0.25, 0.3) is 0 Å². The molecular weight excluding hydrogens is 518 g/mol. The highest BCUT2D eigenvalue weighted by Gasteiger charge is 2.37. The van der Waals surface area contributed by atoms with Gasteiger partial charge < -0.3 is 25.4 Å². The predicted molar refractivity (Wildman–Crippen MR) is 163 cm³/mol. The van der Waals surface area contributed by atoms with Crippen molar-refractivity contribution in [2.24, 2.45) is 0 Å². The summed E-state index contributed by atoms with van der Waals surface area (Å²) in [4.78, 5) is 42.8. The van der Waals surface area contributed by atoms with Crippen LogP contribution in [0.15, 0.2) is 54.6 Å². The lowest BCUT2D eigenvalue weighted by atomic mass is 9.98. The van der Waals surface area contributed by atoms with Crippen LogP contribution in [-0.4, -0.2) is 51.6 Å². The number of hydrogen-bond donors (Lipinski definition) is 3. The first-order chi connectivity index (χ1) is 19.2. The van der Waals surface area contributed by atoms with Gasteiger partial charge in [0, 0.05) is 18.5 Å². The van der Waals surface area contributed by atoms with Crippen LogP contribution in [0.3, 0.4) is 0 Å². The van der Waals surface area contributed by atoms with Crippen molar-refractivity contribution in [3.63, 3.8) is 0 Å². The number of rotatable bonds is 13. The molecule has 8 nitrogen and oxygen atoms in total. The van der Waals surface area contributed by atoms with Crippen molar-refractivity contribution in [3.8, 4) is 5.75 Å². The molecule has 0 spiro atoms. The van der Waals surface area contributed by atoms with Crippen molar-refractivity contribution in [3.05, 3.63) is 65.7 Å². The summed E-state index contributed by atoms with van der Waals surface area (Å²) in [5.74, 6) is -0.645. The van der Waals surface area contributed by atoms with Gasteiger partial charge >= 0.3 is 6.09 Å². The number of nitrogens with zero attached hydrogens (tertiary/aromatic N) is 1. The van der Waals surface area contributed by atoms with Crippen LogP contribution in [0.2, 0.25) is 0 Å².